The third kappa shape index (κ3) is 5.07. The van der Waals surface area contributed by atoms with Crippen LogP contribution >= 0.6 is 0 Å². The maximum absolute atomic E-state index is 12.9. The first-order chi connectivity index (χ1) is 15.1. The number of hydrogen-bond donors (Lipinski definition) is 0. The van der Waals surface area contributed by atoms with E-state index in [2.05, 4.69) is 45.7 Å². The second-order valence-corrected chi connectivity index (χ2v) is 8.84. The Kier molecular flexibility index (Phi) is 5.89. The molecule has 170 valence electrons. The third-order valence-electron chi connectivity index (χ3n) is 5.28. The van der Waals surface area contributed by atoms with E-state index >= 15 is 0 Å². The summed E-state index contributed by atoms with van der Waals surface area (Å²) in [5.74, 6) is 2.25. The molecule has 2 aromatic heterocycles. The summed E-state index contributed by atoms with van der Waals surface area (Å²) in [7, 11) is 0. The summed E-state index contributed by atoms with van der Waals surface area (Å²) in [5, 5.41) is 3.86. The maximum Gasteiger partial charge on any atom is 0.416 e. The molecule has 0 N–H and O–H groups in total. The van der Waals surface area contributed by atoms with E-state index in [4.69, 9.17) is 9.51 Å². The summed E-state index contributed by atoms with van der Waals surface area (Å²) in [4.78, 5) is 17.8. The molecule has 0 amide bonds. The van der Waals surface area contributed by atoms with Crippen molar-refractivity contribution in [1.82, 2.24) is 25.0 Å². The fourth-order valence-electron chi connectivity index (χ4n) is 3.48. The first-order valence-electron chi connectivity index (χ1n) is 10.4. The van der Waals surface area contributed by atoms with E-state index in [1.807, 2.05) is 6.07 Å². The molecule has 0 radical (unpaired) electrons. The number of hydrogen-bond acceptors (Lipinski definition) is 7. The lowest BCUT2D eigenvalue weighted by Gasteiger charge is -2.35. The smallest absolute Gasteiger partial charge is 0.354 e. The highest BCUT2D eigenvalue weighted by Crippen LogP contribution is 2.31. The Hall–Kier alpha value is -3.01. The molecule has 1 saturated heterocycles. The van der Waals surface area contributed by atoms with Crippen molar-refractivity contribution < 1.29 is 17.7 Å². The van der Waals surface area contributed by atoms with Crippen molar-refractivity contribution in [3.05, 3.63) is 53.8 Å². The van der Waals surface area contributed by atoms with Gasteiger partial charge >= 0.3 is 6.18 Å². The summed E-state index contributed by atoms with van der Waals surface area (Å²) >= 11 is 0. The fourth-order valence-corrected chi connectivity index (χ4v) is 3.48. The van der Waals surface area contributed by atoms with E-state index in [0.29, 0.717) is 12.4 Å². The molecule has 0 bridgehead atoms. The fraction of sp³-hybridized carbons (Fsp3) is 0.455. The number of alkyl halides is 3. The molecule has 1 fully saturated rings. The van der Waals surface area contributed by atoms with Crippen molar-refractivity contribution in [2.75, 3.05) is 31.1 Å². The minimum atomic E-state index is -4.42. The summed E-state index contributed by atoms with van der Waals surface area (Å²) in [6.45, 7) is 9.82. The van der Waals surface area contributed by atoms with Crippen LogP contribution in [-0.2, 0) is 18.1 Å². The lowest BCUT2D eigenvalue weighted by atomic mass is 9.96. The number of benzene rings is 1. The molecule has 32 heavy (non-hydrogen) atoms. The number of piperazine rings is 1. The van der Waals surface area contributed by atoms with Crippen molar-refractivity contribution in [3.8, 4) is 11.4 Å². The van der Waals surface area contributed by atoms with Gasteiger partial charge in [0, 0.05) is 43.4 Å². The van der Waals surface area contributed by atoms with Gasteiger partial charge in [-0.3, -0.25) is 4.90 Å². The van der Waals surface area contributed by atoms with Crippen molar-refractivity contribution in [2.24, 2.45) is 0 Å². The quantitative estimate of drug-likeness (QED) is 0.596. The van der Waals surface area contributed by atoms with E-state index in [9.17, 15) is 13.2 Å². The van der Waals surface area contributed by atoms with Gasteiger partial charge in [0.2, 0.25) is 11.7 Å². The SMILES string of the molecule is CC(C)(C)c1nccc(N2CCN(Cc3nc(-c4cccc(C(F)(F)F)c4)no3)CC2)n1. The Morgan fingerprint density at radius 3 is 2.44 bits per heavy atom. The van der Waals surface area contributed by atoms with Gasteiger partial charge in [-0.25, -0.2) is 9.97 Å². The Morgan fingerprint density at radius 2 is 1.75 bits per heavy atom. The van der Waals surface area contributed by atoms with Gasteiger partial charge in [-0.05, 0) is 18.2 Å². The van der Waals surface area contributed by atoms with Crippen molar-refractivity contribution in [3.63, 3.8) is 0 Å². The molecule has 7 nitrogen and oxygen atoms in total. The summed E-state index contributed by atoms with van der Waals surface area (Å²) < 4.78 is 44.1. The second kappa shape index (κ2) is 8.50. The molecule has 0 aliphatic carbocycles. The Bertz CT molecular complexity index is 1070. The van der Waals surface area contributed by atoms with E-state index in [1.54, 1.807) is 6.20 Å². The van der Waals surface area contributed by atoms with Crippen LogP contribution in [0.5, 0.6) is 0 Å². The molecule has 10 heteroatoms. The van der Waals surface area contributed by atoms with Crippen LogP contribution in [0.25, 0.3) is 11.4 Å². The van der Waals surface area contributed by atoms with Crippen molar-refractivity contribution in [2.45, 2.75) is 38.9 Å². The molecule has 1 aliphatic rings. The van der Waals surface area contributed by atoms with E-state index in [-0.39, 0.29) is 16.8 Å². The average Bonchev–Trinajstić information content (AvgIpc) is 3.22. The monoisotopic (exact) mass is 446 g/mol. The molecule has 0 atom stereocenters. The van der Waals surface area contributed by atoms with Crippen LogP contribution in [0, 0.1) is 0 Å². The van der Waals surface area contributed by atoms with Gasteiger partial charge in [-0.2, -0.15) is 18.2 Å². The molecule has 3 heterocycles. The largest absolute Gasteiger partial charge is 0.416 e. The maximum atomic E-state index is 12.9. The number of rotatable bonds is 4. The van der Waals surface area contributed by atoms with Gasteiger partial charge in [0.25, 0.3) is 0 Å². The molecule has 0 unspecified atom stereocenters. The molecule has 0 spiro atoms. The molecular weight excluding hydrogens is 421 g/mol. The topological polar surface area (TPSA) is 71.2 Å². The molecule has 4 rings (SSSR count). The highest BCUT2D eigenvalue weighted by Gasteiger charge is 2.31. The van der Waals surface area contributed by atoms with E-state index in [0.717, 1.165) is 50.0 Å². The predicted molar refractivity (Wildman–Crippen MR) is 113 cm³/mol. The zero-order valence-electron chi connectivity index (χ0n) is 18.2. The van der Waals surface area contributed by atoms with Gasteiger partial charge in [0.05, 0.1) is 12.1 Å². The Morgan fingerprint density at radius 1 is 1.00 bits per heavy atom. The number of halogens is 3. The van der Waals surface area contributed by atoms with Gasteiger partial charge in [-0.1, -0.05) is 38.1 Å². The molecule has 0 saturated carbocycles. The molecule has 1 aliphatic heterocycles. The van der Waals surface area contributed by atoms with Gasteiger partial charge < -0.3 is 9.42 Å². The lowest BCUT2D eigenvalue weighted by molar-refractivity contribution is -0.137. The van der Waals surface area contributed by atoms with Crippen LogP contribution in [0.15, 0.2) is 41.1 Å². The number of aromatic nitrogens is 4. The predicted octanol–water partition coefficient (Wildman–Crippen LogP) is 4.17. The van der Waals surface area contributed by atoms with Crippen LogP contribution in [-0.4, -0.2) is 51.2 Å². The Balaban J connectivity index is 1.37. The van der Waals surface area contributed by atoms with Crippen LogP contribution in [0.1, 0.15) is 38.0 Å². The zero-order chi connectivity index (χ0) is 22.9. The van der Waals surface area contributed by atoms with Gasteiger partial charge in [0.1, 0.15) is 11.6 Å². The first-order valence-corrected chi connectivity index (χ1v) is 10.4. The van der Waals surface area contributed by atoms with Crippen LogP contribution < -0.4 is 4.90 Å². The van der Waals surface area contributed by atoms with Crippen LogP contribution in [0.3, 0.4) is 0 Å². The van der Waals surface area contributed by atoms with E-state index < -0.39 is 11.7 Å². The first kappa shape index (κ1) is 22.2. The van der Waals surface area contributed by atoms with Crippen molar-refractivity contribution in [1.29, 1.82) is 0 Å². The molecule has 3 aromatic rings. The molecular formula is C22H25F3N6O. The van der Waals surface area contributed by atoms with Gasteiger partial charge in [-0.15, -0.1) is 0 Å². The van der Waals surface area contributed by atoms with Crippen LogP contribution in [0.4, 0.5) is 19.0 Å². The number of anilines is 1. The summed E-state index contributed by atoms with van der Waals surface area (Å²) in [6, 6.07) is 6.85. The highest BCUT2D eigenvalue weighted by atomic mass is 19.4. The highest BCUT2D eigenvalue weighted by molar-refractivity contribution is 5.55. The second-order valence-electron chi connectivity index (χ2n) is 8.84. The third-order valence-corrected chi connectivity index (χ3v) is 5.28. The number of nitrogens with zero attached hydrogens (tertiary/aromatic N) is 6. The minimum absolute atomic E-state index is 0.118. The van der Waals surface area contributed by atoms with Gasteiger partial charge in [0.15, 0.2) is 0 Å². The van der Waals surface area contributed by atoms with Crippen molar-refractivity contribution >= 4 is 5.82 Å². The standard InChI is InChI=1S/C22H25F3N6O/c1-21(2,3)20-26-8-7-17(27-20)31-11-9-30(10-12-31)14-18-28-19(29-32-18)15-5-4-6-16(13-15)22(23,24)25/h4-8,13H,9-12,14H2,1-3H3. The van der Waals surface area contributed by atoms with E-state index in [1.165, 1.54) is 12.1 Å². The summed E-state index contributed by atoms with van der Waals surface area (Å²) in [5.41, 5.74) is -0.581. The normalized spacial score (nSPS) is 15.9. The lowest BCUT2D eigenvalue weighted by Crippen LogP contribution is -2.46. The van der Waals surface area contributed by atoms with Crippen LogP contribution in [0.2, 0.25) is 0 Å². The molecule has 1 aromatic carbocycles. The average molecular weight is 446 g/mol. The minimum Gasteiger partial charge on any atom is -0.354 e. The Labute approximate surface area is 184 Å². The summed E-state index contributed by atoms with van der Waals surface area (Å²) in [6.07, 6.45) is -2.62. The zero-order valence-corrected chi connectivity index (χ0v) is 18.2.